The van der Waals surface area contributed by atoms with E-state index >= 15 is 0 Å². The number of morpholine rings is 1. The lowest BCUT2D eigenvalue weighted by molar-refractivity contribution is -0.0714. The maximum Gasteiger partial charge on any atom is 0.123 e. The molecule has 1 fully saturated rings. The Balaban J connectivity index is 2.35. The summed E-state index contributed by atoms with van der Waals surface area (Å²) in [6.07, 6.45) is 0. The second kappa shape index (κ2) is 5.87. The molecule has 1 saturated heterocycles. The van der Waals surface area contributed by atoms with Crippen LogP contribution in [0.4, 0.5) is 4.39 Å². The quantitative estimate of drug-likeness (QED) is 0.926. The molecule has 3 nitrogen and oxygen atoms in total. The van der Waals surface area contributed by atoms with Crippen LogP contribution in [0.25, 0.3) is 0 Å². The van der Waals surface area contributed by atoms with Crippen LogP contribution in [-0.2, 0) is 4.74 Å². The summed E-state index contributed by atoms with van der Waals surface area (Å²) >= 11 is 3.50. The maximum atomic E-state index is 13.5. The molecule has 1 unspecified atom stereocenters. The van der Waals surface area contributed by atoms with Gasteiger partial charge in [0.05, 0.1) is 13.2 Å². The second-order valence-corrected chi connectivity index (χ2v) is 6.33. The van der Waals surface area contributed by atoms with E-state index in [4.69, 9.17) is 10.5 Å². The first-order valence-corrected chi connectivity index (χ1v) is 7.24. The van der Waals surface area contributed by atoms with Crippen molar-refractivity contribution in [2.45, 2.75) is 25.4 Å². The molecular formula is C14H20BrFN2O. The van der Waals surface area contributed by atoms with Crippen molar-refractivity contribution in [2.75, 3.05) is 26.3 Å². The molecule has 0 aliphatic carbocycles. The predicted molar refractivity (Wildman–Crippen MR) is 77.5 cm³/mol. The van der Waals surface area contributed by atoms with Gasteiger partial charge in [0.15, 0.2) is 0 Å². The average molecular weight is 331 g/mol. The molecule has 0 amide bonds. The fourth-order valence-corrected chi connectivity index (χ4v) is 3.15. The minimum atomic E-state index is -0.234. The summed E-state index contributed by atoms with van der Waals surface area (Å²) in [5, 5.41) is 0. The van der Waals surface area contributed by atoms with Gasteiger partial charge in [0, 0.05) is 29.1 Å². The summed E-state index contributed by atoms with van der Waals surface area (Å²) in [4.78, 5) is 2.30. The summed E-state index contributed by atoms with van der Waals surface area (Å²) < 4.78 is 19.9. The van der Waals surface area contributed by atoms with Gasteiger partial charge >= 0.3 is 0 Å². The molecular weight excluding hydrogens is 311 g/mol. The Hall–Kier alpha value is -0.490. The smallest absolute Gasteiger partial charge is 0.123 e. The zero-order chi connectivity index (χ0) is 14.0. The summed E-state index contributed by atoms with van der Waals surface area (Å²) in [7, 11) is 0. The first kappa shape index (κ1) is 14.9. The first-order chi connectivity index (χ1) is 8.95. The van der Waals surface area contributed by atoms with Crippen molar-refractivity contribution in [2.24, 2.45) is 5.73 Å². The van der Waals surface area contributed by atoms with Crippen LogP contribution in [0.3, 0.4) is 0 Å². The highest BCUT2D eigenvalue weighted by molar-refractivity contribution is 9.10. The molecule has 1 aliphatic heterocycles. The topological polar surface area (TPSA) is 38.5 Å². The van der Waals surface area contributed by atoms with E-state index in [-0.39, 0.29) is 17.4 Å². The van der Waals surface area contributed by atoms with Crippen LogP contribution in [0.5, 0.6) is 0 Å². The Morgan fingerprint density at radius 1 is 1.53 bits per heavy atom. The molecule has 2 rings (SSSR count). The van der Waals surface area contributed by atoms with E-state index in [9.17, 15) is 4.39 Å². The number of nitrogens with zero attached hydrogens (tertiary/aromatic N) is 1. The molecule has 0 aromatic heterocycles. The Kier molecular flexibility index (Phi) is 4.61. The highest BCUT2D eigenvalue weighted by Crippen LogP contribution is 2.34. The lowest BCUT2D eigenvalue weighted by Crippen LogP contribution is -2.55. The van der Waals surface area contributed by atoms with Crippen LogP contribution >= 0.6 is 15.9 Å². The Labute approximate surface area is 122 Å². The van der Waals surface area contributed by atoms with Crippen LogP contribution in [0.2, 0.25) is 0 Å². The Morgan fingerprint density at radius 3 is 2.89 bits per heavy atom. The van der Waals surface area contributed by atoms with Gasteiger partial charge in [-0.3, -0.25) is 4.90 Å². The van der Waals surface area contributed by atoms with Gasteiger partial charge in [-0.2, -0.15) is 0 Å². The zero-order valence-electron chi connectivity index (χ0n) is 11.3. The van der Waals surface area contributed by atoms with Crippen molar-refractivity contribution in [1.29, 1.82) is 0 Å². The van der Waals surface area contributed by atoms with E-state index in [0.29, 0.717) is 19.8 Å². The minimum absolute atomic E-state index is 0.0102. The summed E-state index contributed by atoms with van der Waals surface area (Å²) in [6.45, 7) is 6.86. The van der Waals surface area contributed by atoms with Gasteiger partial charge < -0.3 is 10.5 Å². The van der Waals surface area contributed by atoms with Gasteiger partial charge in [0.1, 0.15) is 5.82 Å². The highest BCUT2D eigenvalue weighted by Gasteiger charge is 2.36. The van der Waals surface area contributed by atoms with Gasteiger partial charge in [-0.15, -0.1) is 0 Å². The molecule has 1 aromatic rings. The monoisotopic (exact) mass is 330 g/mol. The third kappa shape index (κ3) is 3.16. The van der Waals surface area contributed by atoms with Gasteiger partial charge in [-0.25, -0.2) is 4.39 Å². The number of rotatable bonds is 3. The lowest BCUT2D eigenvalue weighted by Gasteiger charge is -2.46. The van der Waals surface area contributed by atoms with E-state index in [1.54, 1.807) is 12.1 Å². The van der Waals surface area contributed by atoms with E-state index in [1.165, 1.54) is 6.07 Å². The Morgan fingerprint density at radius 2 is 2.26 bits per heavy atom. The fourth-order valence-electron chi connectivity index (χ4n) is 2.64. The van der Waals surface area contributed by atoms with Crippen molar-refractivity contribution >= 4 is 15.9 Å². The third-order valence-electron chi connectivity index (χ3n) is 3.63. The van der Waals surface area contributed by atoms with Crippen LogP contribution in [0.15, 0.2) is 22.7 Å². The normalized spacial score (nSPS) is 21.3. The van der Waals surface area contributed by atoms with Gasteiger partial charge in [-0.1, -0.05) is 15.9 Å². The second-order valence-electron chi connectivity index (χ2n) is 5.48. The van der Waals surface area contributed by atoms with Crippen molar-refractivity contribution in [1.82, 2.24) is 4.90 Å². The molecule has 2 N–H and O–H groups in total. The van der Waals surface area contributed by atoms with Crippen LogP contribution < -0.4 is 5.73 Å². The molecule has 1 aromatic carbocycles. The molecule has 0 saturated carbocycles. The predicted octanol–water partition coefficient (Wildman–Crippen LogP) is 2.70. The summed E-state index contributed by atoms with van der Waals surface area (Å²) in [6, 6.07) is 4.74. The van der Waals surface area contributed by atoms with Crippen LogP contribution in [-0.4, -0.2) is 36.7 Å². The molecule has 0 radical (unpaired) electrons. The van der Waals surface area contributed by atoms with Gasteiger partial charge in [0.2, 0.25) is 0 Å². The van der Waals surface area contributed by atoms with Crippen molar-refractivity contribution in [3.05, 3.63) is 34.1 Å². The summed E-state index contributed by atoms with van der Waals surface area (Å²) in [5.41, 5.74) is 6.75. The maximum absolute atomic E-state index is 13.5. The van der Waals surface area contributed by atoms with Crippen LogP contribution in [0.1, 0.15) is 25.5 Å². The molecule has 106 valence electrons. The molecule has 1 aliphatic rings. The number of benzene rings is 1. The van der Waals surface area contributed by atoms with E-state index < -0.39 is 0 Å². The minimum Gasteiger partial charge on any atom is -0.378 e. The van der Waals surface area contributed by atoms with Crippen molar-refractivity contribution in [3.8, 4) is 0 Å². The molecule has 1 heterocycles. The molecule has 1 atom stereocenters. The molecule has 0 bridgehead atoms. The Bertz CT molecular complexity index is 453. The number of halogens is 2. The molecule has 19 heavy (non-hydrogen) atoms. The molecule has 5 heteroatoms. The van der Waals surface area contributed by atoms with E-state index in [1.807, 2.05) is 0 Å². The van der Waals surface area contributed by atoms with Gasteiger partial charge in [0.25, 0.3) is 0 Å². The highest BCUT2D eigenvalue weighted by atomic mass is 79.9. The largest absolute Gasteiger partial charge is 0.378 e. The number of hydrogen-bond acceptors (Lipinski definition) is 3. The average Bonchev–Trinajstić information content (AvgIpc) is 2.36. The number of ether oxygens (including phenoxy) is 1. The van der Waals surface area contributed by atoms with Gasteiger partial charge in [-0.05, 0) is 37.6 Å². The van der Waals surface area contributed by atoms with E-state index in [2.05, 4.69) is 34.7 Å². The number of nitrogens with two attached hydrogens (primary N) is 1. The summed E-state index contributed by atoms with van der Waals surface area (Å²) in [5.74, 6) is -0.234. The van der Waals surface area contributed by atoms with Crippen molar-refractivity contribution < 1.29 is 9.13 Å². The lowest BCUT2D eigenvalue weighted by atomic mass is 9.95. The van der Waals surface area contributed by atoms with Crippen LogP contribution in [0, 0.1) is 5.82 Å². The van der Waals surface area contributed by atoms with Crippen molar-refractivity contribution in [3.63, 3.8) is 0 Å². The number of hydrogen-bond donors (Lipinski definition) is 1. The van der Waals surface area contributed by atoms with E-state index in [0.717, 1.165) is 16.6 Å². The first-order valence-electron chi connectivity index (χ1n) is 6.45. The standard InChI is InChI=1S/C14H20BrFN2O/c1-14(2)9-19-6-5-18(14)13(8-17)11-7-10(16)3-4-12(11)15/h3-4,7,13H,5-6,8-9,17H2,1-2H3. The SMILES string of the molecule is CC1(C)COCCN1C(CN)c1cc(F)ccc1Br. The molecule has 0 spiro atoms. The zero-order valence-corrected chi connectivity index (χ0v) is 12.9. The third-order valence-corrected chi connectivity index (χ3v) is 4.35. The fraction of sp³-hybridized carbons (Fsp3) is 0.571.